The van der Waals surface area contributed by atoms with Crippen molar-refractivity contribution in [2.75, 3.05) is 26.2 Å². The molecule has 0 spiro atoms. The Labute approximate surface area is 194 Å². The second kappa shape index (κ2) is 11.3. The number of piperidine rings is 1. The van der Waals surface area contributed by atoms with Crippen molar-refractivity contribution in [3.8, 4) is 0 Å². The summed E-state index contributed by atoms with van der Waals surface area (Å²) in [7, 11) is -0.597. The van der Waals surface area contributed by atoms with Crippen LogP contribution in [0.4, 0.5) is 0 Å². The summed E-state index contributed by atoms with van der Waals surface area (Å²) in [5.41, 5.74) is 1.20. The Kier molecular flexibility index (Phi) is 8.02. The van der Waals surface area contributed by atoms with E-state index in [9.17, 15) is 4.79 Å². The van der Waals surface area contributed by atoms with Gasteiger partial charge in [0, 0.05) is 5.92 Å². The molecule has 168 valence electrons. The van der Waals surface area contributed by atoms with Gasteiger partial charge >= 0.3 is 5.97 Å². The molecule has 4 rings (SSSR count). The van der Waals surface area contributed by atoms with Crippen LogP contribution in [0.15, 0.2) is 99.6 Å². The van der Waals surface area contributed by atoms with E-state index < -0.39 is 10.9 Å². The first kappa shape index (κ1) is 22.6. The van der Waals surface area contributed by atoms with Gasteiger partial charge < -0.3 is 4.74 Å². The summed E-state index contributed by atoms with van der Waals surface area (Å²) in [5.74, 6) is 0.0704. The van der Waals surface area contributed by atoms with Crippen LogP contribution in [-0.4, -0.2) is 37.1 Å². The molecule has 0 aromatic heterocycles. The Balaban J connectivity index is 1.41. The molecule has 32 heavy (non-hydrogen) atoms. The van der Waals surface area contributed by atoms with Gasteiger partial charge in [-0.05, 0) is 82.6 Å². The van der Waals surface area contributed by atoms with E-state index in [-0.39, 0.29) is 11.9 Å². The zero-order valence-corrected chi connectivity index (χ0v) is 19.7. The molecule has 3 aromatic rings. The molecule has 0 amide bonds. The fourth-order valence-corrected chi connectivity index (χ4v) is 6.50. The number of esters is 1. The fraction of sp³-hybridized carbons (Fsp3) is 0.321. The summed E-state index contributed by atoms with van der Waals surface area (Å²) in [6, 6.07) is 30.3. The van der Waals surface area contributed by atoms with E-state index in [1.54, 1.807) is 0 Å². The fourth-order valence-electron chi connectivity index (χ4n) is 4.21. The number of nitrogens with zero attached hydrogens (tertiary/aromatic N) is 1. The topological polar surface area (TPSA) is 29.5 Å². The van der Waals surface area contributed by atoms with Crippen molar-refractivity contribution >= 4 is 16.9 Å². The van der Waals surface area contributed by atoms with Crippen LogP contribution in [0.5, 0.6) is 0 Å². The number of hydrogen-bond donors (Lipinski definition) is 1. The third-order valence-electron chi connectivity index (χ3n) is 6.04. The lowest BCUT2D eigenvalue weighted by atomic mass is 10.0. The van der Waals surface area contributed by atoms with E-state index in [4.69, 9.17) is 4.74 Å². The summed E-state index contributed by atoms with van der Waals surface area (Å²) >= 11 is 0. The molecule has 1 aliphatic rings. The van der Waals surface area contributed by atoms with Crippen molar-refractivity contribution in [3.63, 3.8) is 0 Å². The SMILES string of the molecule is CC(COC(=O)CN1CCCCC1)c1ccc([SH](c2ccccc2)c2ccccc2)cc1. The number of rotatable bonds is 8. The molecular weight excluding hydrogens is 414 g/mol. The average Bonchev–Trinajstić information content (AvgIpc) is 2.85. The summed E-state index contributed by atoms with van der Waals surface area (Å²) in [4.78, 5) is 18.5. The molecule has 1 fully saturated rings. The second-order valence-corrected chi connectivity index (χ2v) is 10.7. The van der Waals surface area contributed by atoms with Gasteiger partial charge in [0.1, 0.15) is 0 Å². The Bertz CT molecular complexity index is 930. The minimum atomic E-state index is -0.597. The molecule has 1 atom stereocenters. The maximum atomic E-state index is 12.2. The molecule has 1 unspecified atom stereocenters. The Morgan fingerprint density at radius 1 is 0.812 bits per heavy atom. The number of carbonyl (C=O) groups is 1. The summed E-state index contributed by atoms with van der Waals surface area (Å²) in [6.07, 6.45) is 3.64. The molecule has 1 aliphatic heterocycles. The minimum Gasteiger partial charge on any atom is -0.464 e. The highest BCUT2D eigenvalue weighted by Gasteiger charge is 2.17. The standard InChI is InChI=1S/C28H33NO2S/c1-23(22-31-28(30)21-29-19-9-4-10-20-29)24-15-17-27(18-16-24)32(25-11-5-2-6-12-25)26-13-7-3-8-14-26/h2-3,5-8,11-18,23,32H,4,9-10,19-22H2,1H3. The van der Waals surface area contributed by atoms with Crippen molar-refractivity contribution in [1.29, 1.82) is 0 Å². The largest absolute Gasteiger partial charge is 0.464 e. The summed E-state index contributed by atoms with van der Waals surface area (Å²) < 4.78 is 5.60. The van der Waals surface area contributed by atoms with Crippen molar-refractivity contribution in [1.82, 2.24) is 4.90 Å². The molecule has 3 aromatic carbocycles. The smallest absolute Gasteiger partial charge is 0.320 e. The van der Waals surface area contributed by atoms with E-state index in [2.05, 4.69) is 96.8 Å². The van der Waals surface area contributed by atoms with Gasteiger partial charge in [-0.3, -0.25) is 9.69 Å². The van der Waals surface area contributed by atoms with Crippen LogP contribution in [0.1, 0.15) is 37.7 Å². The molecule has 3 nitrogen and oxygen atoms in total. The van der Waals surface area contributed by atoms with E-state index >= 15 is 0 Å². The zero-order chi connectivity index (χ0) is 22.2. The van der Waals surface area contributed by atoms with Gasteiger partial charge in [-0.1, -0.05) is 61.9 Å². The van der Waals surface area contributed by atoms with Gasteiger partial charge in [-0.15, -0.1) is 0 Å². The van der Waals surface area contributed by atoms with Crippen LogP contribution in [-0.2, 0) is 9.53 Å². The molecule has 0 radical (unpaired) electrons. The number of thiol groups is 1. The average molecular weight is 448 g/mol. The highest BCUT2D eigenvalue weighted by molar-refractivity contribution is 8.17. The van der Waals surface area contributed by atoms with E-state index in [1.165, 1.54) is 39.5 Å². The van der Waals surface area contributed by atoms with Gasteiger partial charge in [0.15, 0.2) is 0 Å². The molecule has 0 N–H and O–H groups in total. The van der Waals surface area contributed by atoms with Crippen LogP contribution in [0.3, 0.4) is 0 Å². The van der Waals surface area contributed by atoms with E-state index in [1.807, 2.05) is 0 Å². The quantitative estimate of drug-likeness (QED) is 0.325. The van der Waals surface area contributed by atoms with Crippen LogP contribution >= 0.6 is 10.9 Å². The van der Waals surface area contributed by atoms with Crippen LogP contribution in [0.25, 0.3) is 0 Å². The highest BCUT2D eigenvalue weighted by atomic mass is 32.2. The van der Waals surface area contributed by atoms with E-state index in [0.29, 0.717) is 13.2 Å². The molecule has 0 bridgehead atoms. The predicted molar refractivity (Wildman–Crippen MR) is 133 cm³/mol. The first-order chi connectivity index (χ1) is 15.7. The van der Waals surface area contributed by atoms with Crippen molar-refractivity contribution in [3.05, 3.63) is 90.5 Å². The lowest BCUT2D eigenvalue weighted by Crippen LogP contribution is -2.35. The van der Waals surface area contributed by atoms with Gasteiger partial charge in [0.25, 0.3) is 0 Å². The lowest BCUT2D eigenvalue weighted by molar-refractivity contribution is -0.145. The van der Waals surface area contributed by atoms with Crippen LogP contribution in [0.2, 0.25) is 0 Å². The molecule has 1 saturated heterocycles. The predicted octanol–water partition coefficient (Wildman–Crippen LogP) is 6.30. The minimum absolute atomic E-state index is 0.105. The number of likely N-dealkylation sites (tertiary alicyclic amines) is 1. The van der Waals surface area contributed by atoms with Crippen molar-refractivity contribution < 1.29 is 9.53 Å². The number of carbonyl (C=O) groups excluding carboxylic acids is 1. The highest BCUT2D eigenvalue weighted by Crippen LogP contribution is 2.51. The third kappa shape index (κ3) is 6.02. The normalized spacial score (nSPS) is 15.7. The van der Waals surface area contributed by atoms with Gasteiger partial charge in [-0.2, -0.15) is 10.9 Å². The molecule has 4 heteroatoms. The maximum absolute atomic E-state index is 12.2. The monoisotopic (exact) mass is 447 g/mol. The Hall–Kier alpha value is -2.56. The van der Waals surface area contributed by atoms with E-state index in [0.717, 1.165) is 13.1 Å². The first-order valence-corrected chi connectivity index (χ1v) is 12.9. The number of benzene rings is 3. The Morgan fingerprint density at radius 2 is 1.34 bits per heavy atom. The van der Waals surface area contributed by atoms with Gasteiger partial charge in [-0.25, -0.2) is 0 Å². The van der Waals surface area contributed by atoms with Gasteiger partial charge in [0.05, 0.1) is 13.2 Å². The molecule has 1 heterocycles. The Morgan fingerprint density at radius 3 is 1.91 bits per heavy atom. The number of ether oxygens (including phenoxy) is 1. The molecule has 0 aliphatic carbocycles. The second-order valence-electron chi connectivity index (χ2n) is 8.52. The molecule has 0 saturated carbocycles. The maximum Gasteiger partial charge on any atom is 0.320 e. The van der Waals surface area contributed by atoms with Crippen LogP contribution in [0, 0.1) is 0 Å². The summed E-state index contributed by atoms with van der Waals surface area (Å²) in [6.45, 7) is 5.00. The van der Waals surface area contributed by atoms with Crippen molar-refractivity contribution in [2.45, 2.75) is 46.8 Å². The van der Waals surface area contributed by atoms with Crippen molar-refractivity contribution in [2.24, 2.45) is 0 Å². The van der Waals surface area contributed by atoms with Gasteiger partial charge in [0.2, 0.25) is 0 Å². The molecular formula is C28H33NO2S. The number of hydrogen-bond acceptors (Lipinski definition) is 3. The lowest BCUT2D eigenvalue weighted by Gasteiger charge is -2.25. The third-order valence-corrected chi connectivity index (χ3v) is 8.49. The zero-order valence-electron chi connectivity index (χ0n) is 18.8. The summed E-state index contributed by atoms with van der Waals surface area (Å²) in [5, 5.41) is 0. The van der Waals surface area contributed by atoms with Crippen LogP contribution < -0.4 is 0 Å². The first-order valence-electron chi connectivity index (χ1n) is 11.6.